The van der Waals surface area contributed by atoms with Crippen molar-refractivity contribution >= 4 is 12.1 Å². The van der Waals surface area contributed by atoms with E-state index in [1.165, 1.54) is 0 Å². The van der Waals surface area contributed by atoms with Crippen LogP contribution >= 0.6 is 0 Å². The van der Waals surface area contributed by atoms with E-state index in [-0.39, 0.29) is 18.2 Å². The summed E-state index contributed by atoms with van der Waals surface area (Å²) in [6.07, 6.45) is 5.04. The topological polar surface area (TPSA) is 65.1 Å². The molecule has 0 aromatic carbocycles. The predicted octanol–water partition coefficient (Wildman–Crippen LogP) is 2.83. The van der Waals surface area contributed by atoms with Gasteiger partial charge < -0.3 is 19.1 Å². The van der Waals surface area contributed by atoms with E-state index >= 15 is 0 Å². The monoisotopic (exact) mass is 349 g/mol. The summed E-state index contributed by atoms with van der Waals surface area (Å²) in [6, 6.07) is 0. The maximum atomic E-state index is 12.6. The second kappa shape index (κ2) is 5.59. The minimum absolute atomic E-state index is 0.277. The number of nitrogens with zero attached hydrogens (tertiary/aromatic N) is 1. The molecule has 1 saturated heterocycles. The second-order valence-corrected chi connectivity index (χ2v) is 8.86. The number of esters is 1. The Hall–Kier alpha value is -1.82. The lowest BCUT2D eigenvalue weighted by Crippen LogP contribution is -2.50. The quantitative estimate of drug-likeness (QED) is 0.538. The first kappa shape index (κ1) is 18.0. The molecule has 3 atom stereocenters. The molecule has 25 heavy (non-hydrogen) atoms. The first-order chi connectivity index (χ1) is 11.4. The van der Waals surface area contributed by atoms with Gasteiger partial charge in [-0.05, 0) is 53.2 Å². The van der Waals surface area contributed by atoms with Crippen LogP contribution < -0.4 is 0 Å². The van der Waals surface area contributed by atoms with Crippen molar-refractivity contribution in [3.05, 3.63) is 23.8 Å². The summed E-state index contributed by atoms with van der Waals surface area (Å²) in [6.45, 7) is 11.8. The van der Waals surface area contributed by atoms with Crippen molar-refractivity contribution in [2.75, 3.05) is 13.1 Å². The van der Waals surface area contributed by atoms with Crippen molar-refractivity contribution < 1.29 is 23.8 Å². The Morgan fingerprint density at radius 3 is 2.40 bits per heavy atom. The molecule has 0 N–H and O–H groups in total. The van der Waals surface area contributed by atoms with Crippen molar-refractivity contribution in [1.29, 1.82) is 0 Å². The van der Waals surface area contributed by atoms with Gasteiger partial charge in [0, 0.05) is 6.54 Å². The molecule has 0 unspecified atom stereocenters. The molecule has 0 saturated carbocycles. The summed E-state index contributed by atoms with van der Waals surface area (Å²) in [4.78, 5) is 26.6. The Balaban J connectivity index is 1.80. The van der Waals surface area contributed by atoms with Crippen LogP contribution in [0.1, 0.15) is 41.5 Å². The van der Waals surface area contributed by atoms with E-state index in [0.29, 0.717) is 13.1 Å². The van der Waals surface area contributed by atoms with Crippen molar-refractivity contribution in [3.63, 3.8) is 0 Å². The number of hydrogen-bond donors (Lipinski definition) is 0. The third-order valence-electron chi connectivity index (χ3n) is 4.32. The van der Waals surface area contributed by atoms with E-state index in [2.05, 4.69) is 0 Å². The lowest BCUT2D eigenvalue weighted by atomic mass is 9.78. The van der Waals surface area contributed by atoms with Crippen LogP contribution in [0.15, 0.2) is 23.8 Å². The minimum atomic E-state index is -0.735. The van der Waals surface area contributed by atoms with Gasteiger partial charge in [0.05, 0.1) is 12.6 Å². The van der Waals surface area contributed by atoms with E-state index in [1.54, 1.807) is 4.90 Å². The largest absolute Gasteiger partial charge is 0.459 e. The second-order valence-electron chi connectivity index (χ2n) is 8.86. The highest BCUT2D eigenvalue weighted by atomic mass is 16.6. The van der Waals surface area contributed by atoms with E-state index in [0.717, 1.165) is 5.57 Å². The van der Waals surface area contributed by atoms with Crippen LogP contribution in [0.2, 0.25) is 0 Å². The van der Waals surface area contributed by atoms with Gasteiger partial charge in [-0.15, -0.1) is 0 Å². The molecule has 3 rings (SSSR count). The van der Waals surface area contributed by atoms with Crippen molar-refractivity contribution in [2.45, 2.75) is 64.4 Å². The lowest BCUT2D eigenvalue weighted by molar-refractivity contribution is -0.159. The molecule has 0 aliphatic carbocycles. The summed E-state index contributed by atoms with van der Waals surface area (Å²) < 4.78 is 17.1. The van der Waals surface area contributed by atoms with Gasteiger partial charge in [0.15, 0.2) is 0 Å². The average Bonchev–Trinajstić information content (AvgIpc) is 2.96. The third kappa shape index (κ3) is 3.45. The van der Waals surface area contributed by atoms with Gasteiger partial charge in [0.1, 0.15) is 22.7 Å². The van der Waals surface area contributed by atoms with Gasteiger partial charge in [-0.1, -0.05) is 12.2 Å². The number of amides is 1. The average molecular weight is 349 g/mol. The highest BCUT2D eigenvalue weighted by Gasteiger charge is 2.58. The molecule has 0 aromatic heterocycles. The van der Waals surface area contributed by atoms with Crippen LogP contribution in [0, 0.1) is 5.92 Å². The molecule has 0 radical (unpaired) electrons. The SMILES string of the molecule is CC(C)(C)OC(=O)[C@@H]1C2=CCN(C(=O)OC(C)(C)C)C[C@]23C=C[C@H]1O3. The summed E-state index contributed by atoms with van der Waals surface area (Å²) in [5, 5.41) is 0. The molecule has 0 aromatic rings. The zero-order chi connectivity index (χ0) is 18.6. The lowest BCUT2D eigenvalue weighted by Gasteiger charge is -2.38. The molecule has 138 valence electrons. The molecule has 6 nitrogen and oxygen atoms in total. The zero-order valence-corrected chi connectivity index (χ0v) is 15.8. The van der Waals surface area contributed by atoms with Crippen molar-refractivity contribution in [2.24, 2.45) is 5.92 Å². The van der Waals surface area contributed by atoms with E-state index in [4.69, 9.17) is 14.2 Å². The fourth-order valence-electron chi connectivity index (χ4n) is 3.48. The number of carbonyl (C=O) groups is 2. The van der Waals surface area contributed by atoms with Crippen molar-refractivity contribution in [3.8, 4) is 0 Å². The zero-order valence-electron chi connectivity index (χ0n) is 15.8. The summed E-state index contributed by atoms with van der Waals surface area (Å²) in [5.41, 5.74) is -0.939. The molecule has 2 bridgehead atoms. The first-order valence-electron chi connectivity index (χ1n) is 8.69. The van der Waals surface area contributed by atoms with E-state index in [9.17, 15) is 9.59 Å². The molecule has 1 amide bonds. The van der Waals surface area contributed by atoms with Gasteiger partial charge in [-0.25, -0.2) is 4.79 Å². The van der Waals surface area contributed by atoms with Crippen LogP contribution in [0.25, 0.3) is 0 Å². The molecule has 1 fully saturated rings. The van der Waals surface area contributed by atoms with Crippen LogP contribution in [-0.4, -0.2) is 53.0 Å². The first-order valence-corrected chi connectivity index (χ1v) is 8.69. The Morgan fingerprint density at radius 1 is 1.16 bits per heavy atom. The van der Waals surface area contributed by atoms with Gasteiger partial charge in [0.25, 0.3) is 0 Å². The van der Waals surface area contributed by atoms with Crippen molar-refractivity contribution in [1.82, 2.24) is 4.90 Å². The minimum Gasteiger partial charge on any atom is -0.459 e. The molecule has 3 heterocycles. The molecule has 1 spiro atoms. The van der Waals surface area contributed by atoms with Gasteiger partial charge in [-0.2, -0.15) is 0 Å². The maximum Gasteiger partial charge on any atom is 0.410 e. The van der Waals surface area contributed by atoms with E-state index < -0.39 is 22.7 Å². The maximum absolute atomic E-state index is 12.6. The number of fused-ring (bicyclic) bond motifs is 1. The summed E-state index contributed by atoms with van der Waals surface area (Å²) in [7, 11) is 0. The predicted molar refractivity (Wildman–Crippen MR) is 92.0 cm³/mol. The molecule has 6 heteroatoms. The van der Waals surface area contributed by atoms with Crippen LogP contribution in [-0.2, 0) is 19.0 Å². The molecule has 3 aliphatic heterocycles. The number of hydrogen-bond acceptors (Lipinski definition) is 5. The van der Waals surface area contributed by atoms with Crippen LogP contribution in [0.3, 0.4) is 0 Å². The molecular formula is C19H27NO5. The van der Waals surface area contributed by atoms with E-state index in [1.807, 2.05) is 59.8 Å². The highest BCUT2D eigenvalue weighted by molar-refractivity contribution is 5.81. The Kier molecular flexibility index (Phi) is 4.02. The van der Waals surface area contributed by atoms with Crippen LogP contribution in [0.4, 0.5) is 4.79 Å². The standard InChI is InChI=1S/C19H27NO5/c1-17(2,3)24-15(21)14-12-8-10-20(16(22)25-18(4,5)6)11-19(12)9-7-13(14)23-19/h7-9,13-14H,10-11H2,1-6H3/t13-,14-,19-/m1/s1. The normalized spacial score (nSPS) is 30.8. The van der Waals surface area contributed by atoms with Gasteiger partial charge >= 0.3 is 12.1 Å². The number of ether oxygens (including phenoxy) is 3. The fourth-order valence-corrected chi connectivity index (χ4v) is 3.48. The summed E-state index contributed by atoms with van der Waals surface area (Å²) in [5.74, 6) is -0.717. The Morgan fingerprint density at radius 2 is 1.80 bits per heavy atom. The van der Waals surface area contributed by atoms with Crippen LogP contribution in [0.5, 0.6) is 0 Å². The molecular weight excluding hydrogens is 322 g/mol. The Labute approximate surface area is 148 Å². The van der Waals surface area contributed by atoms with Gasteiger partial charge in [-0.3, -0.25) is 4.79 Å². The summed E-state index contributed by atoms with van der Waals surface area (Å²) >= 11 is 0. The number of rotatable bonds is 1. The van der Waals surface area contributed by atoms with Gasteiger partial charge in [0.2, 0.25) is 0 Å². The smallest absolute Gasteiger partial charge is 0.410 e. The fraction of sp³-hybridized carbons (Fsp3) is 0.684. The third-order valence-corrected chi connectivity index (χ3v) is 4.32. The number of carbonyl (C=O) groups excluding carboxylic acids is 2. The molecule has 3 aliphatic rings. The highest BCUT2D eigenvalue weighted by Crippen LogP contribution is 2.49. The Bertz CT molecular complexity index is 652.